The van der Waals surface area contributed by atoms with E-state index in [4.69, 9.17) is 0 Å². The van der Waals surface area contributed by atoms with Gasteiger partial charge in [0.25, 0.3) is 10.0 Å². The molecule has 2 N–H and O–H groups in total. The molecule has 102 valence electrons. The third kappa shape index (κ3) is 3.33. The van der Waals surface area contributed by atoms with Crippen LogP contribution in [0.25, 0.3) is 0 Å². The predicted molar refractivity (Wildman–Crippen MR) is 79.8 cm³/mol. The fraction of sp³-hybridized carbons (Fsp3) is 0.182. The van der Waals surface area contributed by atoms with Gasteiger partial charge in [-0.15, -0.1) is 11.3 Å². The molecule has 0 amide bonds. The first-order valence-corrected chi connectivity index (χ1v) is 8.54. The monoisotopic (exact) mass is 361 g/mol. The van der Waals surface area contributed by atoms with Crippen molar-refractivity contribution in [1.29, 1.82) is 0 Å². The van der Waals surface area contributed by atoms with Gasteiger partial charge in [0.05, 0.1) is 5.69 Å². The highest BCUT2D eigenvalue weighted by Crippen LogP contribution is 2.23. The first kappa shape index (κ1) is 14.4. The topological polar surface area (TPSA) is 71.1 Å². The van der Waals surface area contributed by atoms with E-state index < -0.39 is 10.0 Å². The Morgan fingerprint density at radius 1 is 1.42 bits per heavy atom. The summed E-state index contributed by atoms with van der Waals surface area (Å²) < 4.78 is 27.8. The Kier molecular flexibility index (Phi) is 4.56. The number of hydrogen-bond acceptors (Lipinski definition) is 5. The van der Waals surface area contributed by atoms with Crippen LogP contribution in [0.2, 0.25) is 0 Å². The van der Waals surface area contributed by atoms with Crippen LogP contribution in [0.1, 0.15) is 4.88 Å². The van der Waals surface area contributed by atoms with Crippen LogP contribution in [0, 0.1) is 0 Å². The molecule has 0 radical (unpaired) electrons. The molecule has 0 aliphatic rings. The number of rotatable bonds is 5. The number of nitrogens with zero attached hydrogens (tertiary/aromatic N) is 1. The van der Waals surface area contributed by atoms with Crippen molar-refractivity contribution in [2.75, 3.05) is 12.4 Å². The maximum atomic E-state index is 12.2. The van der Waals surface area contributed by atoms with E-state index in [1.165, 1.54) is 17.5 Å². The summed E-state index contributed by atoms with van der Waals surface area (Å²) in [6.07, 6.45) is 1.45. The molecule has 8 heteroatoms. The van der Waals surface area contributed by atoms with Crippen LogP contribution in [0.5, 0.6) is 0 Å². The second kappa shape index (κ2) is 6.00. The molecule has 2 rings (SSSR count). The van der Waals surface area contributed by atoms with Crippen LogP contribution >= 0.6 is 27.3 Å². The van der Waals surface area contributed by atoms with Crippen molar-refractivity contribution in [2.24, 2.45) is 0 Å². The van der Waals surface area contributed by atoms with Gasteiger partial charge in [0.15, 0.2) is 5.03 Å². The normalized spacial score (nSPS) is 11.5. The largest absolute Gasteiger partial charge is 0.386 e. The van der Waals surface area contributed by atoms with Gasteiger partial charge in [-0.1, -0.05) is 0 Å². The van der Waals surface area contributed by atoms with E-state index in [2.05, 4.69) is 31.0 Å². The molecule has 0 spiro atoms. The maximum Gasteiger partial charge on any atom is 0.260 e. The molecule has 0 aliphatic carbocycles. The molecule has 0 aliphatic heterocycles. The highest BCUT2D eigenvalue weighted by Gasteiger charge is 2.19. The molecular formula is C11H12BrN3O2S2. The highest BCUT2D eigenvalue weighted by molar-refractivity contribution is 9.10. The molecule has 0 fully saturated rings. The van der Waals surface area contributed by atoms with Crippen molar-refractivity contribution in [3.05, 3.63) is 39.1 Å². The number of aromatic nitrogens is 1. The van der Waals surface area contributed by atoms with Gasteiger partial charge in [-0.3, -0.25) is 0 Å². The summed E-state index contributed by atoms with van der Waals surface area (Å²) in [7, 11) is -1.98. The van der Waals surface area contributed by atoms with Crippen LogP contribution in [0.15, 0.2) is 39.3 Å². The highest BCUT2D eigenvalue weighted by atomic mass is 79.9. The van der Waals surface area contributed by atoms with Crippen LogP contribution < -0.4 is 10.0 Å². The summed E-state index contributed by atoms with van der Waals surface area (Å²) in [5, 5.41) is 4.72. The van der Waals surface area contributed by atoms with E-state index in [1.807, 2.05) is 11.4 Å². The Morgan fingerprint density at radius 2 is 2.21 bits per heavy atom. The number of halogens is 1. The minimum atomic E-state index is -3.63. The van der Waals surface area contributed by atoms with Gasteiger partial charge in [0.2, 0.25) is 0 Å². The van der Waals surface area contributed by atoms with Gasteiger partial charge >= 0.3 is 0 Å². The number of pyridine rings is 1. The Labute approximate surface area is 124 Å². The smallest absolute Gasteiger partial charge is 0.260 e. The maximum absolute atomic E-state index is 12.2. The summed E-state index contributed by atoms with van der Waals surface area (Å²) >= 11 is 4.85. The lowest BCUT2D eigenvalue weighted by Gasteiger charge is -2.09. The minimum Gasteiger partial charge on any atom is -0.386 e. The molecule has 0 saturated carbocycles. The number of sulfonamides is 1. The quantitative estimate of drug-likeness (QED) is 0.857. The molecule has 0 saturated heterocycles. The fourth-order valence-corrected chi connectivity index (χ4v) is 4.13. The SMILES string of the molecule is CNc1cccnc1S(=O)(=O)NCc1sccc1Br. The number of thiophene rings is 1. The zero-order chi connectivity index (χ0) is 13.9. The average molecular weight is 362 g/mol. The molecular weight excluding hydrogens is 350 g/mol. The van der Waals surface area contributed by atoms with Crippen LogP contribution in [0.4, 0.5) is 5.69 Å². The average Bonchev–Trinajstić information content (AvgIpc) is 2.82. The lowest BCUT2D eigenvalue weighted by Crippen LogP contribution is -2.24. The van der Waals surface area contributed by atoms with Crippen LogP contribution in [0.3, 0.4) is 0 Å². The lowest BCUT2D eigenvalue weighted by molar-refractivity contribution is 0.578. The third-order valence-corrected chi connectivity index (χ3v) is 5.69. The molecule has 2 aromatic rings. The molecule has 0 unspecified atom stereocenters. The Hall–Kier alpha value is -0.960. The van der Waals surface area contributed by atoms with Crippen LogP contribution in [-0.4, -0.2) is 20.4 Å². The first-order valence-electron chi connectivity index (χ1n) is 5.39. The van der Waals surface area contributed by atoms with Gasteiger partial charge in [-0.2, -0.15) is 0 Å². The number of anilines is 1. The second-order valence-electron chi connectivity index (χ2n) is 3.62. The van der Waals surface area contributed by atoms with Gasteiger partial charge in [-0.25, -0.2) is 18.1 Å². The van der Waals surface area contributed by atoms with Crippen molar-refractivity contribution in [3.63, 3.8) is 0 Å². The van der Waals surface area contributed by atoms with Gasteiger partial charge in [-0.05, 0) is 39.5 Å². The van der Waals surface area contributed by atoms with Gasteiger partial charge in [0.1, 0.15) is 0 Å². The van der Waals surface area contributed by atoms with E-state index >= 15 is 0 Å². The van der Waals surface area contributed by atoms with E-state index in [0.29, 0.717) is 5.69 Å². The van der Waals surface area contributed by atoms with Crippen LogP contribution in [-0.2, 0) is 16.6 Å². The fourth-order valence-electron chi connectivity index (χ4n) is 1.48. The molecule has 2 aromatic heterocycles. The van der Waals surface area contributed by atoms with Gasteiger partial charge in [0, 0.05) is 29.1 Å². The Bertz CT molecular complexity index is 670. The summed E-state index contributed by atoms with van der Waals surface area (Å²) in [6.45, 7) is 0.236. The van der Waals surface area contributed by atoms with E-state index in [1.54, 1.807) is 19.2 Å². The summed E-state index contributed by atoms with van der Waals surface area (Å²) in [5.74, 6) is 0. The van der Waals surface area contributed by atoms with Crippen molar-refractivity contribution < 1.29 is 8.42 Å². The van der Waals surface area contributed by atoms with Gasteiger partial charge < -0.3 is 5.32 Å². The predicted octanol–water partition coefficient (Wildman–Crippen LogP) is 2.43. The van der Waals surface area contributed by atoms with E-state index in [0.717, 1.165) is 9.35 Å². The standard InChI is InChI=1S/C11H12BrN3O2S2/c1-13-9-3-2-5-14-11(9)19(16,17)15-7-10-8(12)4-6-18-10/h2-6,13,15H,7H2,1H3. The molecule has 0 atom stereocenters. The van der Waals surface area contributed by atoms with E-state index in [9.17, 15) is 8.42 Å². The van der Waals surface area contributed by atoms with Crippen molar-refractivity contribution in [1.82, 2.24) is 9.71 Å². The first-order chi connectivity index (χ1) is 9.04. The molecule has 2 heterocycles. The lowest BCUT2D eigenvalue weighted by atomic mass is 10.4. The summed E-state index contributed by atoms with van der Waals surface area (Å²) in [4.78, 5) is 4.84. The molecule has 5 nitrogen and oxygen atoms in total. The van der Waals surface area contributed by atoms with E-state index in [-0.39, 0.29) is 11.6 Å². The van der Waals surface area contributed by atoms with Crippen molar-refractivity contribution >= 4 is 43.0 Å². The molecule has 19 heavy (non-hydrogen) atoms. The van der Waals surface area contributed by atoms with Crippen molar-refractivity contribution in [3.8, 4) is 0 Å². The summed E-state index contributed by atoms with van der Waals surface area (Å²) in [5.41, 5.74) is 0.472. The number of nitrogens with one attached hydrogen (secondary N) is 2. The second-order valence-corrected chi connectivity index (χ2v) is 7.16. The zero-order valence-corrected chi connectivity index (χ0v) is 13.3. The third-order valence-electron chi connectivity index (χ3n) is 2.41. The zero-order valence-electron chi connectivity index (χ0n) is 10.1. The molecule has 0 bridgehead atoms. The van der Waals surface area contributed by atoms with Crippen molar-refractivity contribution in [2.45, 2.75) is 11.6 Å². The Morgan fingerprint density at radius 3 is 2.84 bits per heavy atom. The minimum absolute atomic E-state index is 0.00479. The number of hydrogen-bond donors (Lipinski definition) is 2. The molecule has 0 aromatic carbocycles. The Balaban J connectivity index is 2.21. The summed E-state index contributed by atoms with van der Waals surface area (Å²) in [6, 6.07) is 5.23.